The molecule has 0 aliphatic carbocycles. The molecule has 450 valence electrons. The number of carbonyl (C=O) groups excluding carboxylic acids is 2. The maximum Gasteiger partial charge on any atom is 0.343 e. The molecule has 4 heterocycles. The summed E-state index contributed by atoms with van der Waals surface area (Å²) in [6, 6.07) is 24.9. The first-order chi connectivity index (χ1) is 39.8. The van der Waals surface area contributed by atoms with Gasteiger partial charge in [0, 0.05) is 67.5 Å². The molecule has 84 heavy (non-hydrogen) atoms. The number of aliphatic hydroxyl groups is 2. The summed E-state index contributed by atoms with van der Waals surface area (Å²) < 4.78 is 97.5. The summed E-state index contributed by atoms with van der Waals surface area (Å²) >= 11 is 12.2. The van der Waals surface area contributed by atoms with E-state index in [1.165, 1.54) is 11.6 Å². The molecule has 7 aromatic rings. The van der Waals surface area contributed by atoms with Gasteiger partial charge >= 0.3 is 5.97 Å². The normalized spacial score (nSPS) is 14.7. The second kappa shape index (κ2) is 28.3. The maximum atomic E-state index is 13.5. The van der Waals surface area contributed by atoms with E-state index in [2.05, 4.69) is 69.7 Å². The van der Waals surface area contributed by atoms with Gasteiger partial charge in [0.2, 0.25) is 34.8 Å². The number of hydrogen-bond acceptors (Lipinski definition) is 12. The van der Waals surface area contributed by atoms with Crippen LogP contribution >= 0.6 is 23.2 Å². The molecule has 2 unspecified atom stereocenters. The Labute approximate surface area is 494 Å². The number of halogens is 7. The number of aliphatic hydroxyl groups excluding tert-OH is 2. The number of imidazole rings is 2. The minimum atomic E-state index is -2.35. The van der Waals surface area contributed by atoms with Crippen LogP contribution in [0.3, 0.4) is 0 Å². The molecule has 2 aliphatic heterocycles. The van der Waals surface area contributed by atoms with Crippen molar-refractivity contribution in [1.29, 1.82) is 0 Å². The molecule has 15 nitrogen and oxygen atoms in total. The summed E-state index contributed by atoms with van der Waals surface area (Å²) in [6.45, 7) is 18.6. The number of rotatable bonds is 18. The first kappa shape index (κ1) is 64.6. The smallest absolute Gasteiger partial charge is 0.343 e. The summed E-state index contributed by atoms with van der Waals surface area (Å²) in [4.78, 5) is 34.4. The standard InChI is InChI=1S/C28H34ClN3O4.C18H25N3O2.C16H10ClF5O3/c1-18(2)36-25-10-9-21(16-23(25)29)26(34)30-22(11-13-33)15-19-5-7-20(8-6-19)24-17-32-12-14-35-28(3,4)27(32)31-24;1-18(2)17-20-16(12-21(17)8-10-23-18)14-5-3-13(4-6-14)11-15(19)7-9-22;1-6(2)24-9-4-3-7(5-8(9)17)16(23)25-15-13(21)11(19)10(18)12(20)14(15)22/h5-10,16-18,22,33H,11-15H2,1-4H3,(H,30,34);3-6,12,15,22H,7-11,19H2,1-2H3;3-6H,1-2H3. The van der Waals surface area contributed by atoms with E-state index in [0.29, 0.717) is 42.2 Å². The molecule has 2 aromatic heterocycles. The maximum absolute atomic E-state index is 13.5. The highest BCUT2D eigenvalue weighted by Gasteiger charge is 2.33. The Morgan fingerprint density at radius 3 is 1.50 bits per heavy atom. The first-order valence-electron chi connectivity index (χ1n) is 27.3. The van der Waals surface area contributed by atoms with Gasteiger partial charge in [0.15, 0.2) is 0 Å². The number of hydrogen-bond donors (Lipinski definition) is 4. The predicted molar refractivity (Wildman–Crippen MR) is 309 cm³/mol. The Balaban J connectivity index is 0.000000187. The van der Waals surface area contributed by atoms with Gasteiger partial charge in [-0.05, 0) is 129 Å². The van der Waals surface area contributed by atoms with Crippen LogP contribution in [-0.4, -0.2) is 91.9 Å². The minimum Gasteiger partial charge on any atom is -0.489 e. The van der Waals surface area contributed by atoms with Gasteiger partial charge in [-0.25, -0.2) is 27.9 Å². The van der Waals surface area contributed by atoms with Crippen LogP contribution in [0, 0.1) is 29.1 Å². The van der Waals surface area contributed by atoms with E-state index in [0.717, 1.165) is 78.0 Å². The Bertz CT molecular complexity index is 3380. The van der Waals surface area contributed by atoms with Crippen LogP contribution in [0.4, 0.5) is 22.0 Å². The molecule has 0 bridgehead atoms. The lowest BCUT2D eigenvalue weighted by molar-refractivity contribution is -0.0541. The van der Waals surface area contributed by atoms with Gasteiger partial charge in [-0.2, -0.15) is 8.78 Å². The molecule has 22 heteroatoms. The van der Waals surface area contributed by atoms with Crippen molar-refractivity contribution in [3.63, 3.8) is 0 Å². The summed E-state index contributed by atoms with van der Waals surface area (Å²) in [5.74, 6) is -11.9. The lowest BCUT2D eigenvalue weighted by atomic mass is 10.0. The van der Waals surface area contributed by atoms with Crippen LogP contribution in [0.2, 0.25) is 10.0 Å². The summed E-state index contributed by atoms with van der Waals surface area (Å²) in [7, 11) is 0. The number of fused-ring (bicyclic) bond motifs is 2. The molecule has 2 aliphatic rings. The lowest BCUT2D eigenvalue weighted by Crippen LogP contribution is -2.37. The molecular formula is C62H69Cl2F5N6O9. The van der Waals surface area contributed by atoms with Gasteiger partial charge in [0.05, 0.1) is 52.4 Å². The minimum absolute atomic E-state index is 0.000520. The third-order valence-corrected chi connectivity index (χ3v) is 14.1. The van der Waals surface area contributed by atoms with Gasteiger partial charge in [-0.15, -0.1) is 0 Å². The average Bonchev–Trinajstić information content (AvgIpc) is 2.86. The van der Waals surface area contributed by atoms with Crippen LogP contribution in [0.1, 0.15) is 112 Å². The summed E-state index contributed by atoms with van der Waals surface area (Å²) in [6.07, 6.45) is 6.41. The third-order valence-electron chi connectivity index (χ3n) is 13.5. The second-order valence-electron chi connectivity index (χ2n) is 21.7. The van der Waals surface area contributed by atoms with Gasteiger partial charge in [-0.1, -0.05) is 71.7 Å². The van der Waals surface area contributed by atoms with Crippen molar-refractivity contribution < 1.29 is 65.4 Å². The zero-order chi connectivity index (χ0) is 61.2. The van der Waals surface area contributed by atoms with E-state index in [9.17, 15) is 36.6 Å². The monoisotopic (exact) mass is 1210 g/mol. The number of nitrogens with one attached hydrogen (secondary N) is 1. The van der Waals surface area contributed by atoms with Crippen molar-refractivity contribution in [1.82, 2.24) is 24.4 Å². The number of aromatic nitrogens is 4. The van der Waals surface area contributed by atoms with Crippen molar-refractivity contribution in [2.24, 2.45) is 5.73 Å². The number of esters is 1. The summed E-state index contributed by atoms with van der Waals surface area (Å²) in [5.41, 5.74) is 11.7. The third kappa shape index (κ3) is 16.3. The highest BCUT2D eigenvalue weighted by atomic mass is 35.5. The molecule has 0 fully saturated rings. The summed E-state index contributed by atoms with van der Waals surface area (Å²) in [5, 5.41) is 21.9. The first-order valence-corrected chi connectivity index (χ1v) is 28.1. The average molecular weight is 1210 g/mol. The van der Waals surface area contributed by atoms with Crippen LogP contribution < -0.4 is 25.3 Å². The molecule has 5 N–H and O–H groups in total. The van der Waals surface area contributed by atoms with Gasteiger partial charge < -0.3 is 54.1 Å². The van der Waals surface area contributed by atoms with Crippen molar-refractivity contribution in [2.75, 3.05) is 26.4 Å². The van der Waals surface area contributed by atoms with Gasteiger partial charge in [0.25, 0.3) is 5.91 Å². The van der Waals surface area contributed by atoms with Crippen LogP contribution in [-0.2, 0) is 46.6 Å². The number of carbonyl (C=O) groups is 2. The fourth-order valence-electron chi connectivity index (χ4n) is 9.26. The largest absolute Gasteiger partial charge is 0.489 e. The van der Waals surface area contributed by atoms with Crippen molar-refractivity contribution in [3.8, 4) is 39.8 Å². The molecule has 5 aromatic carbocycles. The zero-order valence-electron chi connectivity index (χ0n) is 47.9. The Hall–Kier alpha value is -6.91. The quantitative estimate of drug-likeness (QED) is 0.0209. The van der Waals surface area contributed by atoms with Crippen LogP contribution in [0.15, 0.2) is 97.3 Å². The zero-order valence-corrected chi connectivity index (χ0v) is 49.4. The highest BCUT2D eigenvalue weighted by molar-refractivity contribution is 6.32. The Kier molecular flexibility index (Phi) is 21.8. The van der Waals surface area contributed by atoms with E-state index in [1.54, 1.807) is 32.0 Å². The topological polar surface area (TPSA) is 194 Å². The molecular weight excluding hydrogens is 1140 g/mol. The molecule has 9 rings (SSSR count). The molecule has 1 amide bonds. The van der Waals surface area contributed by atoms with Crippen LogP contribution in [0.5, 0.6) is 17.2 Å². The van der Waals surface area contributed by atoms with Crippen molar-refractivity contribution in [3.05, 3.63) is 170 Å². The number of nitrogens with two attached hydrogens (primary N) is 1. The number of benzene rings is 5. The molecule has 0 saturated heterocycles. The van der Waals surface area contributed by atoms with E-state index in [4.69, 9.17) is 63.0 Å². The van der Waals surface area contributed by atoms with Crippen molar-refractivity contribution in [2.45, 2.75) is 130 Å². The molecule has 0 spiro atoms. The molecule has 2 atom stereocenters. The molecule has 0 radical (unpaired) electrons. The Morgan fingerprint density at radius 1 is 0.643 bits per heavy atom. The Morgan fingerprint density at radius 2 is 1.07 bits per heavy atom. The van der Waals surface area contributed by atoms with E-state index < -0.39 is 46.4 Å². The van der Waals surface area contributed by atoms with Gasteiger partial charge in [-0.3, -0.25) is 4.79 Å². The number of nitrogens with zero attached hydrogens (tertiary/aromatic N) is 4. The van der Waals surface area contributed by atoms with Crippen molar-refractivity contribution >= 4 is 35.1 Å². The predicted octanol–water partition coefficient (Wildman–Crippen LogP) is 12.1. The fraction of sp³-hybridized carbons (Fsp3) is 0.387. The fourth-order valence-corrected chi connectivity index (χ4v) is 9.71. The van der Waals surface area contributed by atoms with Gasteiger partial charge in [0.1, 0.15) is 34.3 Å². The van der Waals surface area contributed by atoms with E-state index in [-0.39, 0.29) is 65.3 Å². The van der Waals surface area contributed by atoms with E-state index >= 15 is 0 Å². The van der Waals surface area contributed by atoms with E-state index in [1.807, 2.05) is 52.0 Å². The second-order valence-corrected chi connectivity index (χ2v) is 22.5. The van der Waals surface area contributed by atoms with Crippen LogP contribution in [0.25, 0.3) is 22.5 Å². The SMILES string of the molecule is CC(C)Oc1ccc(C(=O)NC(CCO)Cc2ccc(-c3cn4c(n3)C(C)(C)OCC4)cc2)cc1Cl.CC(C)Oc1ccc(C(=O)Oc2c(F)c(F)c(F)c(F)c2F)cc1Cl.CC1(C)OCCn2cc(-c3ccc(CC(N)CCO)cc3)nc21. The molecule has 0 saturated carbocycles. The highest BCUT2D eigenvalue weighted by Crippen LogP contribution is 2.35. The number of amides is 1. The lowest BCUT2D eigenvalue weighted by Gasteiger charge is -2.30. The number of ether oxygens (including phenoxy) is 5.